The number of allylic oxidation sites excluding steroid dienone is 4. The lowest BCUT2D eigenvalue weighted by Crippen LogP contribution is -2.24. The van der Waals surface area contributed by atoms with Crippen molar-refractivity contribution in [3.8, 4) is 0 Å². The zero-order valence-electron chi connectivity index (χ0n) is 9.61. The van der Waals surface area contributed by atoms with Gasteiger partial charge in [-0.3, -0.25) is 0 Å². The van der Waals surface area contributed by atoms with Crippen LogP contribution in [0, 0.1) is 30.1 Å². The Kier molecular flexibility index (Phi) is 3.24. The molecule has 16 heavy (non-hydrogen) atoms. The zero-order chi connectivity index (χ0) is 11.0. The summed E-state index contributed by atoms with van der Waals surface area (Å²) in [7, 11) is 0. The highest BCUT2D eigenvalue weighted by Gasteiger charge is 2.43. The molecule has 4 unspecified atom stereocenters. The largest absolute Gasteiger partial charge is 0.0881 e. The van der Waals surface area contributed by atoms with Gasteiger partial charge in [-0.25, -0.2) is 0 Å². The summed E-state index contributed by atoms with van der Waals surface area (Å²) in [4.78, 5) is 0.627. The number of alkyl halides is 1. The highest BCUT2D eigenvalue weighted by Crippen LogP contribution is 2.49. The van der Waals surface area contributed by atoms with Crippen molar-refractivity contribution in [3.63, 3.8) is 0 Å². The van der Waals surface area contributed by atoms with Gasteiger partial charge in [0, 0.05) is 4.83 Å². The minimum atomic E-state index is 0.571. The molecule has 0 heterocycles. The second-order valence-electron chi connectivity index (χ2n) is 5.41. The molecule has 0 saturated heterocycles. The highest BCUT2D eigenvalue weighted by atomic mass is 79.9. The fourth-order valence-electron chi connectivity index (χ4n) is 3.54. The minimum absolute atomic E-state index is 0.571. The van der Waals surface area contributed by atoms with Crippen LogP contribution in [-0.4, -0.2) is 4.83 Å². The summed E-state index contributed by atoms with van der Waals surface area (Å²) in [5.74, 6) is 2.81. The highest BCUT2D eigenvalue weighted by molar-refractivity contribution is 9.09. The fourth-order valence-corrected chi connectivity index (χ4v) is 4.63. The minimum Gasteiger partial charge on any atom is -0.0881 e. The van der Waals surface area contributed by atoms with Crippen molar-refractivity contribution in [2.45, 2.75) is 36.9 Å². The molecule has 0 amide bonds. The average Bonchev–Trinajstić information content (AvgIpc) is 2.69. The molecule has 3 aliphatic carbocycles. The summed E-state index contributed by atoms with van der Waals surface area (Å²) >= 11 is 3.93. The normalized spacial score (nSPS) is 43.6. The van der Waals surface area contributed by atoms with E-state index in [1.54, 1.807) is 0 Å². The average molecular weight is 279 g/mol. The van der Waals surface area contributed by atoms with Gasteiger partial charge in [-0.15, -0.1) is 0 Å². The van der Waals surface area contributed by atoms with Gasteiger partial charge < -0.3 is 0 Å². The maximum Gasteiger partial charge on any atom is 0.0251 e. The van der Waals surface area contributed by atoms with E-state index in [1.807, 2.05) is 0 Å². The molecule has 4 atom stereocenters. The van der Waals surface area contributed by atoms with Crippen molar-refractivity contribution in [1.82, 2.24) is 0 Å². The van der Waals surface area contributed by atoms with Crippen molar-refractivity contribution >= 4 is 15.9 Å². The van der Waals surface area contributed by atoms with Crippen LogP contribution in [0.15, 0.2) is 24.3 Å². The number of fused-ring (bicyclic) bond motifs is 1. The van der Waals surface area contributed by atoms with E-state index >= 15 is 0 Å². The molecule has 3 rings (SSSR count). The van der Waals surface area contributed by atoms with E-state index in [0.29, 0.717) is 22.6 Å². The Balaban J connectivity index is 1.72. The quantitative estimate of drug-likeness (QED) is 0.624. The van der Waals surface area contributed by atoms with E-state index in [1.165, 1.54) is 32.1 Å². The van der Waals surface area contributed by atoms with E-state index in [9.17, 15) is 0 Å². The van der Waals surface area contributed by atoms with Crippen LogP contribution in [0.3, 0.4) is 0 Å². The van der Waals surface area contributed by atoms with E-state index < -0.39 is 0 Å². The van der Waals surface area contributed by atoms with Gasteiger partial charge in [-0.1, -0.05) is 72.3 Å². The van der Waals surface area contributed by atoms with Crippen LogP contribution >= 0.6 is 15.9 Å². The standard InChI is InChI=1S/C15H19Br/c16-15-13-9-5-4-8-12(13)10-14(15)11-6-2-1-3-7-11/h4-5,8-9,11-15H,1-3,6-7H2. The third kappa shape index (κ3) is 1.92. The van der Waals surface area contributed by atoms with Gasteiger partial charge >= 0.3 is 0 Å². The maximum atomic E-state index is 3.93. The molecular weight excluding hydrogens is 260 g/mol. The van der Waals surface area contributed by atoms with Crippen LogP contribution in [0.25, 0.3) is 0 Å². The SMILES string of the molecule is BrC1C(C2CCCCC2)[C]C2C=CC=CC21. The van der Waals surface area contributed by atoms with Crippen molar-refractivity contribution in [2.24, 2.45) is 23.7 Å². The lowest BCUT2D eigenvalue weighted by Gasteiger charge is -2.29. The lowest BCUT2D eigenvalue weighted by atomic mass is 9.79. The predicted octanol–water partition coefficient (Wildman–Crippen LogP) is 4.40. The molecule has 0 aromatic carbocycles. The van der Waals surface area contributed by atoms with Crippen LogP contribution in [0.2, 0.25) is 0 Å². The van der Waals surface area contributed by atoms with Gasteiger partial charge in [0.25, 0.3) is 0 Å². The fraction of sp³-hybridized carbons (Fsp3) is 0.667. The van der Waals surface area contributed by atoms with Crippen molar-refractivity contribution in [2.75, 3.05) is 0 Å². The molecule has 3 aliphatic rings. The van der Waals surface area contributed by atoms with Gasteiger partial charge in [0.1, 0.15) is 0 Å². The number of rotatable bonds is 1. The van der Waals surface area contributed by atoms with Crippen LogP contribution < -0.4 is 0 Å². The summed E-state index contributed by atoms with van der Waals surface area (Å²) in [6, 6.07) is 0. The molecule has 86 valence electrons. The molecule has 2 saturated carbocycles. The third-order valence-corrected chi connectivity index (χ3v) is 5.61. The molecule has 0 bridgehead atoms. The lowest BCUT2D eigenvalue weighted by molar-refractivity contribution is 0.279. The number of halogens is 1. The van der Waals surface area contributed by atoms with Crippen molar-refractivity contribution < 1.29 is 0 Å². The molecule has 0 aromatic rings. The van der Waals surface area contributed by atoms with Gasteiger partial charge in [0.2, 0.25) is 0 Å². The predicted molar refractivity (Wildman–Crippen MR) is 71.3 cm³/mol. The van der Waals surface area contributed by atoms with Gasteiger partial charge in [0.15, 0.2) is 0 Å². The molecule has 0 nitrogen and oxygen atoms in total. The molecular formula is C15H19Br. The summed E-state index contributed by atoms with van der Waals surface area (Å²) in [6.07, 6.45) is 20.0. The zero-order valence-corrected chi connectivity index (χ0v) is 11.2. The van der Waals surface area contributed by atoms with E-state index in [-0.39, 0.29) is 0 Å². The number of hydrogen-bond donors (Lipinski definition) is 0. The van der Waals surface area contributed by atoms with Crippen LogP contribution in [-0.2, 0) is 0 Å². The maximum absolute atomic E-state index is 3.93. The molecule has 0 N–H and O–H groups in total. The van der Waals surface area contributed by atoms with Crippen LogP contribution in [0.1, 0.15) is 32.1 Å². The summed E-state index contributed by atoms with van der Waals surface area (Å²) in [6.45, 7) is 0. The summed E-state index contributed by atoms with van der Waals surface area (Å²) in [5.41, 5.74) is 0. The smallest absolute Gasteiger partial charge is 0.0251 e. The molecule has 2 fully saturated rings. The molecule has 0 aromatic heterocycles. The monoisotopic (exact) mass is 278 g/mol. The molecule has 0 spiro atoms. The topological polar surface area (TPSA) is 0 Å². The molecule has 2 radical (unpaired) electrons. The van der Waals surface area contributed by atoms with Gasteiger partial charge in [-0.2, -0.15) is 0 Å². The van der Waals surface area contributed by atoms with E-state index in [0.717, 1.165) is 5.92 Å². The Bertz CT molecular complexity index is 299. The first-order chi connectivity index (χ1) is 7.86. The second-order valence-corrected chi connectivity index (χ2v) is 6.47. The van der Waals surface area contributed by atoms with E-state index in [2.05, 4.69) is 46.7 Å². The van der Waals surface area contributed by atoms with Crippen LogP contribution in [0.5, 0.6) is 0 Å². The van der Waals surface area contributed by atoms with E-state index in [4.69, 9.17) is 0 Å². The Morgan fingerprint density at radius 1 is 1.00 bits per heavy atom. The van der Waals surface area contributed by atoms with Crippen LogP contribution in [0.4, 0.5) is 0 Å². The van der Waals surface area contributed by atoms with Gasteiger partial charge in [-0.05, 0) is 30.1 Å². The number of hydrogen-bond acceptors (Lipinski definition) is 0. The molecule has 0 aliphatic heterocycles. The summed E-state index contributed by atoms with van der Waals surface area (Å²) in [5, 5.41) is 0. The van der Waals surface area contributed by atoms with Gasteiger partial charge in [0.05, 0.1) is 0 Å². The Labute approximate surface area is 107 Å². The molecule has 1 heteroatoms. The Hall–Kier alpha value is -0.0400. The first-order valence-corrected chi connectivity index (χ1v) is 7.53. The summed E-state index contributed by atoms with van der Waals surface area (Å²) < 4.78 is 0. The Morgan fingerprint density at radius 3 is 2.50 bits per heavy atom. The Morgan fingerprint density at radius 2 is 1.75 bits per heavy atom. The third-order valence-electron chi connectivity index (χ3n) is 4.43. The second kappa shape index (κ2) is 4.68. The van der Waals surface area contributed by atoms with Crippen molar-refractivity contribution in [1.29, 1.82) is 0 Å². The first kappa shape index (κ1) is 11.1. The first-order valence-electron chi connectivity index (χ1n) is 6.61. The van der Waals surface area contributed by atoms with Crippen molar-refractivity contribution in [3.05, 3.63) is 30.7 Å².